The molecular formula is C16H11F2NO2. The van der Waals surface area contributed by atoms with E-state index in [1.807, 2.05) is 0 Å². The Labute approximate surface area is 119 Å². The highest BCUT2D eigenvalue weighted by Gasteiger charge is 2.19. The first kappa shape index (κ1) is 13.4. The Morgan fingerprint density at radius 3 is 2.62 bits per heavy atom. The molecule has 0 fully saturated rings. The second kappa shape index (κ2) is 5.09. The van der Waals surface area contributed by atoms with Crippen LogP contribution >= 0.6 is 0 Å². The van der Waals surface area contributed by atoms with Gasteiger partial charge in [-0.1, -0.05) is 0 Å². The van der Waals surface area contributed by atoms with Crippen LogP contribution in [0.15, 0.2) is 36.4 Å². The number of rotatable bonds is 2. The minimum absolute atomic E-state index is 0.0637. The van der Waals surface area contributed by atoms with E-state index in [4.69, 9.17) is 0 Å². The zero-order valence-electron chi connectivity index (χ0n) is 11.0. The van der Waals surface area contributed by atoms with Crippen LogP contribution < -0.4 is 5.32 Å². The quantitative estimate of drug-likeness (QED) is 0.863. The molecular weight excluding hydrogens is 276 g/mol. The highest BCUT2D eigenvalue weighted by Crippen LogP contribution is 2.25. The van der Waals surface area contributed by atoms with Crippen LogP contribution in [0.5, 0.6) is 0 Å². The third-order valence-electron chi connectivity index (χ3n) is 3.44. The summed E-state index contributed by atoms with van der Waals surface area (Å²) in [5.41, 5.74) is 1.65. The lowest BCUT2D eigenvalue weighted by atomic mass is 9.96. The van der Waals surface area contributed by atoms with Crippen molar-refractivity contribution < 1.29 is 18.4 Å². The summed E-state index contributed by atoms with van der Waals surface area (Å²) in [5, 5.41) is 2.71. The van der Waals surface area contributed by atoms with Gasteiger partial charge in [0, 0.05) is 23.7 Å². The Kier molecular flexibility index (Phi) is 3.25. The van der Waals surface area contributed by atoms with E-state index >= 15 is 0 Å². The van der Waals surface area contributed by atoms with Crippen molar-refractivity contribution in [2.75, 3.05) is 5.32 Å². The van der Waals surface area contributed by atoms with E-state index in [0.717, 1.165) is 17.7 Å². The maximum atomic E-state index is 13.7. The summed E-state index contributed by atoms with van der Waals surface area (Å²) >= 11 is 0. The van der Waals surface area contributed by atoms with Gasteiger partial charge in [0.05, 0.1) is 5.56 Å². The van der Waals surface area contributed by atoms with E-state index in [1.165, 1.54) is 6.07 Å². The van der Waals surface area contributed by atoms with Crippen LogP contribution in [0, 0.1) is 11.6 Å². The number of amides is 1. The van der Waals surface area contributed by atoms with Gasteiger partial charge < -0.3 is 5.32 Å². The summed E-state index contributed by atoms with van der Waals surface area (Å²) in [5.74, 6) is -2.18. The van der Waals surface area contributed by atoms with Crippen LogP contribution in [-0.2, 0) is 11.2 Å². The molecule has 1 amide bonds. The first-order chi connectivity index (χ1) is 10.0. The first-order valence-corrected chi connectivity index (χ1v) is 6.47. The lowest BCUT2D eigenvalue weighted by Crippen LogP contribution is -2.19. The molecule has 0 saturated heterocycles. The summed E-state index contributed by atoms with van der Waals surface area (Å²) in [6.45, 7) is 0. The van der Waals surface area contributed by atoms with Gasteiger partial charge >= 0.3 is 0 Å². The molecule has 0 bridgehead atoms. The Hall–Kier alpha value is -2.56. The van der Waals surface area contributed by atoms with Crippen LogP contribution in [0.3, 0.4) is 0 Å². The second-order valence-corrected chi connectivity index (χ2v) is 4.87. The molecule has 0 unspecified atom stereocenters. The number of ketones is 1. The van der Waals surface area contributed by atoms with Crippen molar-refractivity contribution >= 4 is 17.4 Å². The molecule has 1 heterocycles. The maximum absolute atomic E-state index is 13.7. The van der Waals surface area contributed by atoms with Crippen LogP contribution in [0.25, 0.3) is 0 Å². The van der Waals surface area contributed by atoms with E-state index in [2.05, 4.69) is 5.32 Å². The summed E-state index contributed by atoms with van der Waals surface area (Å²) in [7, 11) is 0. The van der Waals surface area contributed by atoms with Crippen molar-refractivity contribution in [1.82, 2.24) is 0 Å². The molecule has 1 aliphatic rings. The number of hydrogen-bond donors (Lipinski definition) is 1. The lowest BCUT2D eigenvalue weighted by Gasteiger charge is -2.17. The molecule has 2 aromatic carbocycles. The fourth-order valence-corrected chi connectivity index (χ4v) is 2.35. The average molecular weight is 287 g/mol. The van der Waals surface area contributed by atoms with Gasteiger partial charge in [-0.25, -0.2) is 8.78 Å². The van der Waals surface area contributed by atoms with Crippen molar-refractivity contribution in [3.05, 3.63) is 64.7 Å². The second-order valence-electron chi connectivity index (χ2n) is 4.87. The summed E-state index contributed by atoms with van der Waals surface area (Å²) in [6.07, 6.45) is 0.893. The van der Waals surface area contributed by atoms with E-state index in [0.29, 0.717) is 30.2 Å². The predicted molar refractivity (Wildman–Crippen MR) is 73.2 cm³/mol. The standard InChI is InChI=1S/C16H11F2NO2/c17-11-3-4-12(13(18)8-11)16(21)10-1-5-14-9(7-10)2-6-15(20)19-14/h1,3-5,7-8H,2,6H2,(H,19,20). The molecule has 1 N–H and O–H groups in total. The molecule has 3 rings (SSSR count). The predicted octanol–water partition coefficient (Wildman–Crippen LogP) is 3.08. The van der Waals surface area contributed by atoms with Gasteiger partial charge in [-0.05, 0) is 42.3 Å². The van der Waals surface area contributed by atoms with Crippen LogP contribution in [0.4, 0.5) is 14.5 Å². The van der Waals surface area contributed by atoms with Gasteiger partial charge in [0.2, 0.25) is 5.91 Å². The average Bonchev–Trinajstić information content (AvgIpc) is 2.46. The highest BCUT2D eigenvalue weighted by atomic mass is 19.1. The largest absolute Gasteiger partial charge is 0.326 e. The SMILES string of the molecule is O=C1CCc2cc(C(=O)c3ccc(F)cc3F)ccc2N1. The Balaban J connectivity index is 1.97. The topological polar surface area (TPSA) is 46.2 Å². The third-order valence-corrected chi connectivity index (χ3v) is 3.44. The monoisotopic (exact) mass is 287 g/mol. The van der Waals surface area contributed by atoms with Crippen LogP contribution in [0.2, 0.25) is 0 Å². The normalized spacial score (nSPS) is 13.5. The summed E-state index contributed by atoms with van der Waals surface area (Å²) in [4.78, 5) is 23.6. The summed E-state index contributed by atoms with van der Waals surface area (Å²) in [6, 6.07) is 7.66. The first-order valence-electron chi connectivity index (χ1n) is 6.47. The number of benzene rings is 2. The van der Waals surface area contributed by atoms with Gasteiger partial charge in [-0.15, -0.1) is 0 Å². The number of nitrogens with one attached hydrogen (secondary N) is 1. The van der Waals surface area contributed by atoms with Crippen LogP contribution in [0.1, 0.15) is 27.9 Å². The number of carbonyl (C=O) groups is 2. The number of fused-ring (bicyclic) bond motifs is 1. The van der Waals surface area contributed by atoms with Crippen molar-refractivity contribution in [2.45, 2.75) is 12.8 Å². The van der Waals surface area contributed by atoms with Crippen molar-refractivity contribution in [2.24, 2.45) is 0 Å². The number of anilines is 1. The number of halogens is 2. The smallest absolute Gasteiger partial charge is 0.224 e. The zero-order chi connectivity index (χ0) is 15.0. The van der Waals surface area contributed by atoms with E-state index in [9.17, 15) is 18.4 Å². The van der Waals surface area contributed by atoms with E-state index in [-0.39, 0.29) is 11.5 Å². The van der Waals surface area contributed by atoms with Gasteiger partial charge in [-0.2, -0.15) is 0 Å². The third kappa shape index (κ3) is 2.54. The van der Waals surface area contributed by atoms with E-state index in [1.54, 1.807) is 12.1 Å². The fourth-order valence-electron chi connectivity index (χ4n) is 2.35. The Morgan fingerprint density at radius 1 is 1.05 bits per heavy atom. The highest BCUT2D eigenvalue weighted by molar-refractivity contribution is 6.09. The molecule has 21 heavy (non-hydrogen) atoms. The molecule has 3 nitrogen and oxygen atoms in total. The molecule has 0 aliphatic carbocycles. The van der Waals surface area contributed by atoms with Gasteiger partial charge in [0.25, 0.3) is 0 Å². The molecule has 2 aromatic rings. The fraction of sp³-hybridized carbons (Fsp3) is 0.125. The van der Waals surface area contributed by atoms with Crippen molar-refractivity contribution in [3.8, 4) is 0 Å². The molecule has 0 spiro atoms. The minimum atomic E-state index is -0.883. The zero-order valence-corrected chi connectivity index (χ0v) is 11.0. The van der Waals surface area contributed by atoms with Crippen LogP contribution in [-0.4, -0.2) is 11.7 Å². The summed E-state index contributed by atoms with van der Waals surface area (Å²) < 4.78 is 26.5. The number of hydrogen-bond acceptors (Lipinski definition) is 2. The Morgan fingerprint density at radius 2 is 1.86 bits per heavy atom. The number of aryl methyl sites for hydroxylation is 1. The van der Waals surface area contributed by atoms with Gasteiger partial charge in [-0.3, -0.25) is 9.59 Å². The van der Waals surface area contributed by atoms with Crippen molar-refractivity contribution in [3.63, 3.8) is 0 Å². The maximum Gasteiger partial charge on any atom is 0.224 e. The molecule has 0 saturated carbocycles. The molecule has 106 valence electrons. The molecule has 0 atom stereocenters. The molecule has 1 aliphatic heterocycles. The van der Waals surface area contributed by atoms with Gasteiger partial charge in [0.15, 0.2) is 5.78 Å². The van der Waals surface area contributed by atoms with E-state index < -0.39 is 17.4 Å². The minimum Gasteiger partial charge on any atom is -0.326 e. The number of carbonyl (C=O) groups excluding carboxylic acids is 2. The van der Waals surface area contributed by atoms with Crippen molar-refractivity contribution in [1.29, 1.82) is 0 Å². The molecule has 0 radical (unpaired) electrons. The Bertz CT molecular complexity index is 756. The lowest BCUT2D eigenvalue weighted by molar-refractivity contribution is -0.116. The van der Waals surface area contributed by atoms with Gasteiger partial charge in [0.1, 0.15) is 11.6 Å². The molecule has 5 heteroatoms. The molecule has 0 aromatic heterocycles.